The Balaban J connectivity index is 1.50. The highest BCUT2D eigenvalue weighted by atomic mass is 16.5. The van der Waals surface area contributed by atoms with E-state index in [2.05, 4.69) is 10.3 Å². The van der Waals surface area contributed by atoms with E-state index in [9.17, 15) is 9.59 Å². The minimum absolute atomic E-state index is 0.0109. The minimum atomic E-state index is -0.423. The summed E-state index contributed by atoms with van der Waals surface area (Å²) < 4.78 is 8.42. The third-order valence-electron chi connectivity index (χ3n) is 6.16. The smallest absolute Gasteiger partial charge is 0.222 e. The molecule has 7 heteroatoms. The van der Waals surface area contributed by atoms with Crippen molar-refractivity contribution < 1.29 is 14.3 Å². The Hall–Kier alpha value is -2.83. The van der Waals surface area contributed by atoms with Gasteiger partial charge in [-0.3, -0.25) is 9.59 Å². The number of likely N-dealkylation sites (tertiary alicyclic amines) is 1. The summed E-state index contributed by atoms with van der Waals surface area (Å²) in [6.07, 6.45) is 6.62. The van der Waals surface area contributed by atoms with E-state index in [0.717, 1.165) is 23.6 Å². The number of fused-ring (bicyclic) bond motifs is 1. The number of amides is 2. The van der Waals surface area contributed by atoms with Crippen LogP contribution in [0.2, 0.25) is 0 Å². The highest BCUT2D eigenvalue weighted by Crippen LogP contribution is 2.44. The van der Waals surface area contributed by atoms with Gasteiger partial charge in [0, 0.05) is 63.8 Å². The molecule has 4 rings (SSSR count). The number of carbonyl (C=O) groups is 2. The number of carbonyl (C=O) groups excluding carboxylic acids is 2. The van der Waals surface area contributed by atoms with E-state index in [1.807, 2.05) is 49.0 Å². The Morgan fingerprint density at radius 3 is 2.97 bits per heavy atom. The highest BCUT2D eigenvalue weighted by molar-refractivity contribution is 5.77. The van der Waals surface area contributed by atoms with Crippen molar-refractivity contribution in [1.29, 1.82) is 0 Å². The third kappa shape index (κ3) is 4.13. The summed E-state index contributed by atoms with van der Waals surface area (Å²) in [6.45, 7) is 3.20. The number of nitrogens with zero attached hydrogens (tertiary/aromatic N) is 3. The number of imidazole rings is 1. The molecule has 0 aliphatic carbocycles. The first kappa shape index (κ1) is 19.5. The number of para-hydroxylation sites is 1. The van der Waals surface area contributed by atoms with Crippen molar-refractivity contribution in [3.05, 3.63) is 48.0 Å². The molecule has 2 aliphatic rings. The maximum Gasteiger partial charge on any atom is 0.222 e. The Morgan fingerprint density at radius 1 is 1.34 bits per heavy atom. The standard InChI is InChI=1S/C22H28N4O3/c1-16-23-11-14-26(16)12-8-20(27)24-18-15-22(9-7-21(28)25(2)13-10-22)29-19-6-4-3-5-17(18)19/h3-6,11,14,18H,7-10,12-13,15H2,1-2H3,(H,24,27)/t18-,22-/m1/s1. The molecule has 1 saturated heterocycles. The van der Waals surface area contributed by atoms with Gasteiger partial charge in [-0.1, -0.05) is 18.2 Å². The van der Waals surface area contributed by atoms with Gasteiger partial charge in [-0.15, -0.1) is 0 Å². The summed E-state index contributed by atoms with van der Waals surface area (Å²) in [5.41, 5.74) is 0.586. The van der Waals surface area contributed by atoms with E-state index < -0.39 is 5.60 Å². The number of nitrogens with one attached hydrogen (secondary N) is 1. The van der Waals surface area contributed by atoms with Crippen LogP contribution in [0.25, 0.3) is 0 Å². The van der Waals surface area contributed by atoms with E-state index >= 15 is 0 Å². The molecule has 0 unspecified atom stereocenters. The number of hydrogen-bond donors (Lipinski definition) is 1. The second kappa shape index (κ2) is 7.89. The van der Waals surface area contributed by atoms with Gasteiger partial charge in [0.05, 0.1) is 6.04 Å². The molecule has 29 heavy (non-hydrogen) atoms. The van der Waals surface area contributed by atoms with Crippen molar-refractivity contribution in [1.82, 2.24) is 19.8 Å². The van der Waals surface area contributed by atoms with Gasteiger partial charge in [-0.05, 0) is 19.4 Å². The molecule has 2 atom stereocenters. The van der Waals surface area contributed by atoms with Crippen molar-refractivity contribution in [3.63, 3.8) is 0 Å². The SMILES string of the molecule is Cc1nccn1CCC(=O)N[C@@H]1C[C@]2(CCC(=O)N(C)CC2)Oc2ccccc21. The van der Waals surface area contributed by atoms with Crippen molar-refractivity contribution in [2.24, 2.45) is 0 Å². The lowest BCUT2D eigenvalue weighted by atomic mass is 9.82. The fourth-order valence-electron chi connectivity index (χ4n) is 4.33. The molecule has 1 spiro atoms. The molecule has 2 aromatic rings. The van der Waals surface area contributed by atoms with Crippen molar-refractivity contribution >= 4 is 11.8 Å². The molecule has 3 heterocycles. The topological polar surface area (TPSA) is 76.5 Å². The van der Waals surface area contributed by atoms with E-state index in [0.29, 0.717) is 38.8 Å². The third-order valence-corrected chi connectivity index (χ3v) is 6.16. The van der Waals surface area contributed by atoms with Gasteiger partial charge in [-0.2, -0.15) is 0 Å². The van der Waals surface area contributed by atoms with E-state index in [1.165, 1.54) is 0 Å². The maximum atomic E-state index is 12.7. The molecule has 0 bridgehead atoms. The van der Waals surface area contributed by atoms with Crippen LogP contribution >= 0.6 is 0 Å². The molecule has 1 aromatic carbocycles. The van der Waals surface area contributed by atoms with Crippen LogP contribution in [0, 0.1) is 6.92 Å². The zero-order valence-electron chi connectivity index (χ0n) is 17.1. The molecular formula is C22H28N4O3. The van der Waals surface area contributed by atoms with Crippen molar-refractivity contribution in [2.45, 2.75) is 57.2 Å². The van der Waals surface area contributed by atoms with Crippen LogP contribution in [-0.4, -0.2) is 45.5 Å². The van der Waals surface area contributed by atoms with Crippen LogP contribution in [0.5, 0.6) is 5.75 Å². The summed E-state index contributed by atoms with van der Waals surface area (Å²) in [7, 11) is 1.84. The molecule has 7 nitrogen and oxygen atoms in total. The molecule has 1 N–H and O–H groups in total. The number of ether oxygens (including phenoxy) is 1. The Kier molecular flexibility index (Phi) is 5.30. The molecule has 2 amide bonds. The molecule has 1 fully saturated rings. The van der Waals surface area contributed by atoms with Crippen LogP contribution in [0.1, 0.15) is 49.5 Å². The second-order valence-corrected chi connectivity index (χ2v) is 8.13. The fraction of sp³-hybridized carbons (Fsp3) is 0.500. The Labute approximate surface area is 171 Å². The lowest BCUT2D eigenvalue weighted by Crippen LogP contribution is -2.46. The summed E-state index contributed by atoms with van der Waals surface area (Å²) in [4.78, 5) is 30.9. The Bertz CT molecular complexity index is 909. The predicted octanol–water partition coefficient (Wildman–Crippen LogP) is 2.60. The van der Waals surface area contributed by atoms with Gasteiger partial charge in [0.2, 0.25) is 11.8 Å². The molecule has 1 aromatic heterocycles. The monoisotopic (exact) mass is 396 g/mol. The van der Waals surface area contributed by atoms with Crippen LogP contribution < -0.4 is 10.1 Å². The summed E-state index contributed by atoms with van der Waals surface area (Å²) in [5, 5.41) is 3.22. The van der Waals surface area contributed by atoms with E-state index in [1.54, 1.807) is 11.1 Å². The van der Waals surface area contributed by atoms with Crippen LogP contribution in [0.4, 0.5) is 0 Å². The maximum absolute atomic E-state index is 12.7. The first-order valence-electron chi connectivity index (χ1n) is 10.2. The molecule has 154 valence electrons. The highest BCUT2D eigenvalue weighted by Gasteiger charge is 2.43. The van der Waals surface area contributed by atoms with Crippen LogP contribution in [0.3, 0.4) is 0 Å². The minimum Gasteiger partial charge on any atom is -0.487 e. The second-order valence-electron chi connectivity index (χ2n) is 8.13. The number of hydrogen-bond acceptors (Lipinski definition) is 4. The molecule has 0 saturated carbocycles. The average Bonchev–Trinajstić information content (AvgIpc) is 3.08. The number of rotatable bonds is 4. The van der Waals surface area contributed by atoms with Gasteiger partial charge in [0.1, 0.15) is 17.2 Å². The zero-order valence-corrected chi connectivity index (χ0v) is 17.1. The normalized spacial score (nSPS) is 24.0. The largest absolute Gasteiger partial charge is 0.487 e. The predicted molar refractivity (Wildman–Crippen MR) is 108 cm³/mol. The van der Waals surface area contributed by atoms with Crippen LogP contribution in [-0.2, 0) is 16.1 Å². The van der Waals surface area contributed by atoms with Crippen molar-refractivity contribution in [2.75, 3.05) is 13.6 Å². The number of aryl methyl sites for hydroxylation is 2. The van der Waals surface area contributed by atoms with Gasteiger partial charge in [0.15, 0.2) is 0 Å². The van der Waals surface area contributed by atoms with Gasteiger partial charge >= 0.3 is 0 Å². The van der Waals surface area contributed by atoms with Gasteiger partial charge in [0.25, 0.3) is 0 Å². The van der Waals surface area contributed by atoms with E-state index in [4.69, 9.17) is 4.74 Å². The van der Waals surface area contributed by atoms with Gasteiger partial charge in [-0.25, -0.2) is 4.98 Å². The fourth-order valence-corrected chi connectivity index (χ4v) is 4.33. The summed E-state index contributed by atoms with van der Waals surface area (Å²) in [6, 6.07) is 7.78. The lowest BCUT2D eigenvalue weighted by Gasteiger charge is -2.42. The number of benzene rings is 1. The van der Waals surface area contributed by atoms with Gasteiger partial charge < -0.3 is 19.5 Å². The van der Waals surface area contributed by atoms with E-state index in [-0.39, 0.29) is 17.9 Å². The Morgan fingerprint density at radius 2 is 2.17 bits per heavy atom. The lowest BCUT2D eigenvalue weighted by molar-refractivity contribution is -0.129. The summed E-state index contributed by atoms with van der Waals surface area (Å²) >= 11 is 0. The first-order chi connectivity index (χ1) is 14.0. The first-order valence-corrected chi connectivity index (χ1v) is 10.2. The average molecular weight is 396 g/mol. The molecule has 2 aliphatic heterocycles. The number of aromatic nitrogens is 2. The summed E-state index contributed by atoms with van der Waals surface area (Å²) in [5.74, 6) is 1.88. The molecule has 0 radical (unpaired) electrons. The molecular weight excluding hydrogens is 368 g/mol. The van der Waals surface area contributed by atoms with Crippen molar-refractivity contribution in [3.8, 4) is 5.75 Å². The van der Waals surface area contributed by atoms with Crippen LogP contribution in [0.15, 0.2) is 36.7 Å². The quantitative estimate of drug-likeness (QED) is 0.862. The zero-order chi connectivity index (χ0) is 20.4.